The lowest BCUT2D eigenvalue weighted by Crippen LogP contribution is -2.42. The van der Waals surface area contributed by atoms with Gasteiger partial charge in [-0.05, 0) is 61.7 Å². The van der Waals surface area contributed by atoms with Gasteiger partial charge in [-0.3, -0.25) is 19.1 Å². The van der Waals surface area contributed by atoms with Crippen molar-refractivity contribution in [2.75, 3.05) is 12.0 Å². The highest BCUT2D eigenvalue weighted by atomic mass is 32.1. The Morgan fingerprint density at radius 1 is 1.10 bits per heavy atom. The summed E-state index contributed by atoms with van der Waals surface area (Å²) in [7, 11) is 1.53. The molecule has 0 spiro atoms. The Balaban J connectivity index is 1.56. The molecule has 0 radical (unpaired) electrons. The zero-order valence-electron chi connectivity index (χ0n) is 22.0. The number of hydrogen-bond donors (Lipinski definition) is 0. The maximum absolute atomic E-state index is 13.9. The van der Waals surface area contributed by atoms with Crippen LogP contribution in [0.4, 0.5) is 18.3 Å². The second-order valence-corrected chi connectivity index (χ2v) is 10.6. The summed E-state index contributed by atoms with van der Waals surface area (Å²) in [6.45, 7) is 1.73. The number of thiazole rings is 1. The number of alkyl halides is 3. The first kappa shape index (κ1) is 27.7. The summed E-state index contributed by atoms with van der Waals surface area (Å²) in [5, 5.41) is 3.15. The Bertz CT molecular complexity index is 1530. The molecule has 7 nitrogen and oxygen atoms in total. The summed E-state index contributed by atoms with van der Waals surface area (Å²) in [4.78, 5) is 33.9. The fourth-order valence-corrected chi connectivity index (χ4v) is 6.14. The van der Waals surface area contributed by atoms with E-state index in [1.807, 2.05) is 5.38 Å². The normalized spacial score (nSPS) is 14.3. The third-order valence-electron chi connectivity index (χ3n) is 7.22. The molecular formula is C29H28F3N3O4S. The van der Waals surface area contributed by atoms with Crippen molar-refractivity contribution in [1.82, 2.24) is 9.55 Å². The van der Waals surface area contributed by atoms with Gasteiger partial charge in [0.15, 0.2) is 5.13 Å². The summed E-state index contributed by atoms with van der Waals surface area (Å²) in [6, 6.07) is 10.2. The number of amides is 1. The number of fused-ring (bicyclic) bond motifs is 1. The lowest BCUT2D eigenvalue weighted by Gasteiger charge is -2.32. The number of anilines is 1. The number of carbonyl (C=O) groups is 2. The second-order valence-electron chi connectivity index (χ2n) is 9.71. The van der Waals surface area contributed by atoms with E-state index in [4.69, 9.17) is 4.74 Å². The van der Waals surface area contributed by atoms with Crippen molar-refractivity contribution in [3.63, 3.8) is 0 Å². The third-order valence-corrected chi connectivity index (χ3v) is 7.99. The van der Waals surface area contributed by atoms with Crippen LogP contribution in [0.1, 0.15) is 53.7 Å². The van der Waals surface area contributed by atoms with Crippen LogP contribution in [0.2, 0.25) is 0 Å². The molecule has 1 saturated carbocycles. The molecule has 1 fully saturated rings. The summed E-state index contributed by atoms with van der Waals surface area (Å²) >= 11 is 1.41. The monoisotopic (exact) mass is 571 g/mol. The number of rotatable bonds is 7. The minimum Gasteiger partial charge on any atom is -0.497 e. The van der Waals surface area contributed by atoms with E-state index in [0.717, 1.165) is 44.2 Å². The smallest absolute Gasteiger partial charge is 0.497 e. The van der Waals surface area contributed by atoms with E-state index < -0.39 is 18.0 Å². The molecule has 0 bridgehead atoms. The van der Waals surface area contributed by atoms with Gasteiger partial charge in [-0.25, -0.2) is 4.98 Å². The van der Waals surface area contributed by atoms with Gasteiger partial charge in [0.1, 0.15) is 11.5 Å². The summed E-state index contributed by atoms with van der Waals surface area (Å²) in [5.74, 6) is -0.602. The number of ether oxygens (including phenoxy) is 2. The molecule has 1 aliphatic carbocycles. The Morgan fingerprint density at radius 2 is 1.88 bits per heavy atom. The number of aromatic nitrogens is 2. The first-order valence-electron chi connectivity index (χ1n) is 13.0. The van der Waals surface area contributed by atoms with Crippen LogP contribution >= 0.6 is 11.3 Å². The van der Waals surface area contributed by atoms with Crippen molar-refractivity contribution in [2.45, 2.75) is 57.9 Å². The third kappa shape index (κ3) is 5.70. The van der Waals surface area contributed by atoms with Crippen LogP contribution in [0, 0.1) is 6.92 Å². The molecule has 2 heterocycles. The first-order valence-corrected chi connectivity index (χ1v) is 13.8. The Labute approximate surface area is 233 Å². The Kier molecular flexibility index (Phi) is 7.84. The molecule has 0 atom stereocenters. The predicted octanol–water partition coefficient (Wildman–Crippen LogP) is 6.91. The Hall–Kier alpha value is -3.86. The van der Waals surface area contributed by atoms with E-state index in [2.05, 4.69) is 9.72 Å². The molecule has 1 amide bonds. The van der Waals surface area contributed by atoms with Gasteiger partial charge in [0.25, 0.3) is 5.91 Å². The summed E-state index contributed by atoms with van der Waals surface area (Å²) in [5.41, 5.74) is 1.70. The fourth-order valence-electron chi connectivity index (χ4n) is 5.41. The van der Waals surface area contributed by atoms with Crippen molar-refractivity contribution in [2.24, 2.45) is 0 Å². The predicted molar refractivity (Wildman–Crippen MR) is 146 cm³/mol. The number of nitrogens with zero attached hydrogens (tertiary/aromatic N) is 3. The first-order chi connectivity index (χ1) is 19.2. The van der Waals surface area contributed by atoms with Crippen LogP contribution in [-0.4, -0.2) is 40.9 Å². The lowest BCUT2D eigenvalue weighted by atomic mass is 9.94. The number of hydrogen-bond acceptors (Lipinski definition) is 6. The topological polar surface area (TPSA) is 73.7 Å². The van der Waals surface area contributed by atoms with Gasteiger partial charge in [-0.15, -0.1) is 24.5 Å². The highest BCUT2D eigenvalue weighted by Gasteiger charge is 2.32. The van der Waals surface area contributed by atoms with Gasteiger partial charge < -0.3 is 9.47 Å². The molecule has 40 heavy (non-hydrogen) atoms. The number of halogens is 3. The quantitative estimate of drug-likeness (QED) is 0.241. The molecule has 11 heteroatoms. The van der Waals surface area contributed by atoms with Gasteiger partial charge in [0.05, 0.1) is 19.0 Å². The highest BCUT2D eigenvalue weighted by Crippen LogP contribution is 2.34. The van der Waals surface area contributed by atoms with Gasteiger partial charge in [0.2, 0.25) is 5.91 Å². The van der Waals surface area contributed by atoms with E-state index in [1.165, 1.54) is 35.1 Å². The van der Waals surface area contributed by atoms with Crippen molar-refractivity contribution in [1.29, 1.82) is 0 Å². The van der Waals surface area contributed by atoms with Crippen LogP contribution in [0.15, 0.2) is 54.0 Å². The van der Waals surface area contributed by atoms with Crippen LogP contribution in [0.25, 0.3) is 10.9 Å². The van der Waals surface area contributed by atoms with Crippen LogP contribution < -0.4 is 14.4 Å². The zero-order valence-corrected chi connectivity index (χ0v) is 22.8. The second kappa shape index (κ2) is 11.3. The maximum Gasteiger partial charge on any atom is 0.573 e. The van der Waals surface area contributed by atoms with E-state index in [-0.39, 0.29) is 23.9 Å². The molecule has 0 unspecified atom stereocenters. The summed E-state index contributed by atoms with van der Waals surface area (Å²) < 4.78 is 49.3. The minimum atomic E-state index is -4.89. The molecule has 2 aromatic carbocycles. The van der Waals surface area contributed by atoms with E-state index in [0.29, 0.717) is 33.0 Å². The van der Waals surface area contributed by atoms with Gasteiger partial charge in [-0.2, -0.15) is 0 Å². The molecular weight excluding hydrogens is 543 g/mol. The average Bonchev–Trinajstić information content (AvgIpc) is 3.54. The molecule has 2 aromatic heterocycles. The van der Waals surface area contributed by atoms with E-state index in [1.54, 1.807) is 36.2 Å². The molecule has 0 saturated heterocycles. The van der Waals surface area contributed by atoms with Crippen molar-refractivity contribution in [3.8, 4) is 11.5 Å². The molecule has 1 aliphatic rings. The maximum atomic E-state index is 13.9. The number of carbonyl (C=O) groups excluding carboxylic acids is 2. The molecule has 0 aliphatic heterocycles. The van der Waals surface area contributed by atoms with Crippen LogP contribution in [-0.2, 0) is 11.2 Å². The SMILES string of the molecule is COc1ccc2c(c1)c(CC(=O)N(c1nccs1)C1CCCCC1)c(C)n2C(=O)c1cccc(OC(F)(F)F)c1. The number of benzene rings is 2. The highest BCUT2D eigenvalue weighted by molar-refractivity contribution is 7.13. The standard InChI is InChI=1S/C29H28F3N3O4S/c1-18-23(17-26(36)35(28-33-13-14-40-28)20-8-4-3-5-9-20)24-16-21(38-2)11-12-25(24)34(18)27(37)19-7-6-10-22(15-19)39-29(30,31)32/h6-7,10-16,20H,3-5,8-9,17H2,1-2H3. The molecule has 210 valence electrons. The largest absolute Gasteiger partial charge is 0.573 e. The van der Waals surface area contributed by atoms with Gasteiger partial charge >= 0.3 is 6.36 Å². The van der Waals surface area contributed by atoms with Crippen molar-refractivity contribution in [3.05, 3.63) is 70.9 Å². The molecule has 5 rings (SSSR count). The zero-order chi connectivity index (χ0) is 28.4. The van der Waals surface area contributed by atoms with Crippen molar-refractivity contribution >= 4 is 39.2 Å². The van der Waals surface area contributed by atoms with E-state index in [9.17, 15) is 22.8 Å². The van der Waals surface area contributed by atoms with Crippen LogP contribution in [0.3, 0.4) is 0 Å². The van der Waals surface area contributed by atoms with Gasteiger partial charge in [-0.1, -0.05) is 25.3 Å². The summed E-state index contributed by atoms with van der Waals surface area (Å²) in [6.07, 6.45) is 1.83. The Morgan fingerprint density at radius 3 is 2.55 bits per heavy atom. The molecule has 4 aromatic rings. The van der Waals surface area contributed by atoms with Gasteiger partial charge in [0, 0.05) is 34.3 Å². The number of methoxy groups -OCH3 is 1. The van der Waals surface area contributed by atoms with Crippen molar-refractivity contribution < 1.29 is 32.2 Å². The fraction of sp³-hybridized carbons (Fsp3) is 0.345. The minimum absolute atomic E-state index is 0.0158. The lowest BCUT2D eigenvalue weighted by molar-refractivity contribution is -0.274. The molecule has 0 N–H and O–H groups in total. The van der Waals surface area contributed by atoms with E-state index >= 15 is 0 Å². The average molecular weight is 572 g/mol. The van der Waals surface area contributed by atoms with Crippen LogP contribution in [0.5, 0.6) is 11.5 Å².